The maximum Gasteiger partial charge on any atom is 0.227 e. The maximum atomic E-state index is 13.2. The molecule has 3 aromatic heterocycles. The molecule has 0 aliphatic carbocycles. The zero-order valence-electron chi connectivity index (χ0n) is 11.9. The fourth-order valence-electron chi connectivity index (χ4n) is 2.28. The zero-order chi connectivity index (χ0) is 15.6. The molecular formula is C16H11FN6. The Morgan fingerprint density at radius 2 is 2.00 bits per heavy atom. The number of fused-ring (bicyclic) bond motifs is 1. The summed E-state index contributed by atoms with van der Waals surface area (Å²) in [7, 11) is 0. The van der Waals surface area contributed by atoms with Gasteiger partial charge in [-0.3, -0.25) is 4.98 Å². The lowest BCUT2D eigenvalue weighted by Crippen LogP contribution is -1.98. The number of imidazole rings is 1. The topological polar surface area (TPSA) is 79.4 Å². The Kier molecular flexibility index (Phi) is 3.16. The summed E-state index contributed by atoms with van der Waals surface area (Å²) in [5, 5.41) is 2.94. The SMILES string of the molecule is Fc1cncc(Nc2nccc(-c3ccc4[nH]cnc4c3)n2)c1. The van der Waals surface area contributed by atoms with Gasteiger partial charge in [0.05, 0.1) is 41.1 Å². The van der Waals surface area contributed by atoms with Gasteiger partial charge in [-0.1, -0.05) is 6.07 Å². The van der Waals surface area contributed by atoms with Crippen molar-refractivity contribution < 1.29 is 4.39 Å². The number of hydrogen-bond donors (Lipinski definition) is 2. The number of nitrogens with one attached hydrogen (secondary N) is 2. The van der Waals surface area contributed by atoms with Crippen LogP contribution in [0.15, 0.2) is 55.2 Å². The van der Waals surface area contributed by atoms with Crippen molar-refractivity contribution in [3.8, 4) is 11.3 Å². The van der Waals surface area contributed by atoms with Crippen LogP contribution in [0.4, 0.5) is 16.0 Å². The van der Waals surface area contributed by atoms with E-state index in [0.717, 1.165) is 28.5 Å². The van der Waals surface area contributed by atoms with Crippen molar-refractivity contribution in [3.63, 3.8) is 0 Å². The summed E-state index contributed by atoms with van der Waals surface area (Å²) < 4.78 is 13.2. The molecule has 6 nitrogen and oxygen atoms in total. The van der Waals surface area contributed by atoms with Crippen molar-refractivity contribution in [2.75, 3.05) is 5.32 Å². The van der Waals surface area contributed by atoms with Crippen LogP contribution >= 0.6 is 0 Å². The Balaban J connectivity index is 1.67. The summed E-state index contributed by atoms with van der Waals surface area (Å²) in [5.41, 5.74) is 3.99. The first-order chi connectivity index (χ1) is 11.3. The van der Waals surface area contributed by atoms with Gasteiger partial charge < -0.3 is 10.3 Å². The van der Waals surface area contributed by atoms with Gasteiger partial charge in [0.2, 0.25) is 5.95 Å². The molecule has 0 fully saturated rings. The standard InChI is InChI=1S/C16H11FN6/c17-11-6-12(8-18-7-11)22-16-19-4-3-13(23-16)10-1-2-14-15(5-10)21-9-20-14/h1-9H,(H,20,21)(H,19,22,23). The van der Waals surface area contributed by atoms with E-state index in [4.69, 9.17) is 0 Å². The Morgan fingerprint density at radius 1 is 1.04 bits per heavy atom. The average Bonchev–Trinajstić information content (AvgIpc) is 3.03. The predicted octanol–water partition coefficient (Wildman–Crippen LogP) is 3.30. The largest absolute Gasteiger partial charge is 0.345 e. The summed E-state index contributed by atoms with van der Waals surface area (Å²) in [6.07, 6.45) is 5.95. The van der Waals surface area contributed by atoms with Crippen LogP contribution < -0.4 is 5.32 Å². The molecule has 0 radical (unpaired) electrons. The van der Waals surface area contributed by atoms with E-state index in [0.29, 0.717) is 11.6 Å². The van der Waals surface area contributed by atoms with Gasteiger partial charge in [-0.2, -0.15) is 0 Å². The van der Waals surface area contributed by atoms with Crippen LogP contribution in [0.25, 0.3) is 22.3 Å². The van der Waals surface area contributed by atoms with Crippen LogP contribution in [-0.4, -0.2) is 24.9 Å². The highest BCUT2D eigenvalue weighted by Gasteiger charge is 2.05. The Labute approximate surface area is 130 Å². The van der Waals surface area contributed by atoms with E-state index in [9.17, 15) is 4.39 Å². The van der Waals surface area contributed by atoms with E-state index < -0.39 is 5.82 Å². The van der Waals surface area contributed by atoms with Crippen LogP contribution in [0.5, 0.6) is 0 Å². The molecule has 0 spiro atoms. The van der Waals surface area contributed by atoms with Crippen LogP contribution in [0.3, 0.4) is 0 Å². The maximum absolute atomic E-state index is 13.2. The van der Waals surface area contributed by atoms with Gasteiger partial charge in [-0.05, 0) is 18.2 Å². The number of pyridine rings is 1. The molecular weight excluding hydrogens is 295 g/mol. The molecule has 3 heterocycles. The van der Waals surface area contributed by atoms with Gasteiger partial charge in [0.1, 0.15) is 5.82 Å². The number of anilines is 2. The van der Waals surface area contributed by atoms with Crippen LogP contribution in [-0.2, 0) is 0 Å². The molecule has 0 saturated heterocycles. The lowest BCUT2D eigenvalue weighted by atomic mass is 10.1. The molecule has 7 heteroatoms. The van der Waals surface area contributed by atoms with Crippen molar-refractivity contribution >= 4 is 22.7 Å². The minimum atomic E-state index is -0.421. The number of halogens is 1. The first-order valence-corrected chi connectivity index (χ1v) is 6.92. The van der Waals surface area contributed by atoms with E-state index >= 15 is 0 Å². The summed E-state index contributed by atoms with van der Waals surface area (Å²) in [6, 6.07) is 8.99. The van der Waals surface area contributed by atoms with Crippen molar-refractivity contribution in [1.82, 2.24) is 24.9 Å². The lowest BCUT2D eigenvalue weighted by Gasteiger charge is -2.06. The molecule has 0 bridgehead atoms. The second kappa shape index (κ2) is 5.45. The molecule has 2 N–H and O–H groups in total. The number of rotatable bonds is 3. The molecule has 1 aromatic carbocycles. The van der Waals surface area contributed by atoms with E-state index in [2.05, 4.69) is 30.2 Å². The second-order valence-electron chi connectivity index (χ2n) is 4.92. The number of nitrogens with zero attached hydrogens (tertiary/aromatic N) is 4. The molecule has 112 valence electrons. The van der Waals surface area contributed by atoms with E-state index in [1.54, 1.807) is 12.5 Å². The monoisotopic (exact) mass is 306 g/mol. The Hall–Kier alpha value is -3.35. The first-order valence-electron chi connectivity index (χ1n) is 6.92. The van der Waals surface area contributed by atoms with Gasteiger partial charge in [-0.25, -0.2) is 19.3 Å². The van der Waals surface area contributed by atoms with Gasteiger partial charge in [0.15, 0.2) is 0 Å². The van der Waals surface area contributed by atoms with Crippen molar-refractivity contribution in [2.24, 2.45) is 0 Å². The molecule has 4 rings (SSSR count). The normalized spacial score (nSPS) is 10.8. The number of aromatic nitrogens is 5. The van der Waals surface area contributed by atoms with Crippen molar-refractivity contribution in [3.05, 3.63) is 61.1 Å². The zero-order valence-corrected chi connectivity index (χ0v) is 11.9. The summed E-state index contributed by atoms with van der Waals surface area (Å²) in [4.78, 5) is 19.7. The predicted molar refractivity (Wildman–Crippen MR) is 84.6 cm³/mol. The average molecular weight is 306 g/mol. The highest BCUT2D eigenvalue weighted by atomic mass is 19.1. The smallest absolute Gasteiger partial charge is 0.227 e. The highest BCUT2D eigenvalue weighted by Crippen LogP contribution is 2.22. The lowest BCUT2D eigenvalue weighted by molar-refractivity contribution is 0.622. The third-order valence-corrected chi connectivity index (χ3v) is 3.33. The van der Waals surface area contributed by atoms with E-state index in [1.165, 1.54) is 12.3 Å². The molecule has 0 aliphatic heterocycles. The molecule has 0 unspecified atom stereocenters. The molecule has 0 atom stereocenters. The second-order valence-corrected chi connectivity index (χ2v) is 4.92. The molecule has 23 heavy (non-hydrogen) atoms. The fourth-order valence-corrected chi connectivity index (χ4v) is 2.28. The van der Waals surface area contributed by atoms with Crippen molar-refractivity contribution in [1.29, 1.82) is 0 Å². The van der Waals surface area contributed by atoms with Crippen LogP contribution in [0, 0.1) is 5.82 Å². The first kappa shape index (κ1) is 13.3. The Bertz CT molecular complexity index is 981. The molecule has 0 amide bonds. The van der Waals surface area contributed by atoms with Crippen LogP contribution in [0.2, 0.25) is 0 Å². The van der Waals surface area contributed by atoms with Gasteiger partial charge in [0, 0.05) is 17.8 Å². The van der Waals surface area contributed by atoms with E-state index in [-0.39, 0.29) is 0 Å². The molecule has 0 aliphatic rings. The fraction of sp³-hybridized carbons (Fsp3) is 0. The van der Waals surface area contributed by atoms with Gasteiger partial charge >= 0.3 is 0 Å². The van der Waals surface area contributed by atoms with Gasteiger partial charge in [-0.15, -0.1) is 0 Å². The quantitative estimate of drug-likeness (QED) is 0.607. The van der Waals surface area contributed by atoms with Crippen LogP contribution in [0.1, 0.15) is 0 Å². The minimum absolute atomic E-state index is 0.372. The third kappa shape index (κ3) is 2.71. The van der Waals surface area contributed by atoms with E-state index in [1.807, 2.05) is 24.3 Å². The minimum Gasteiger partial charge on any atom is -0.345 e. The highest BCUT2D eigenvalue weighted by molar-refractivity contribution is 5.80. The Morgan fingerprint density at radius 3 is 2.91 bits per heavy atom. The summed E-state index contributed by atoms with van der Waals surface area (Å²) >= 11 is 0. The summed E-state index contributed by atoms with van der Waals surface area (Å²) in [5.74, 6) is -0.0489. The third-order valence-electron chi connectivity index (χ3n) is 3.33. The number of hydrogen-bond acceptors (Lipinski definition) is 5. The number of H-pyrrole nitrogens is 1. The number of benzene rings is 1. The molecule has 4 aromatic rings. The molecule has 0 saturated carbocycles. The van der Waals surface area contributed by atoms with Crippen molar-refractivity contribution in [2.45, 2.75) is 0 Å². The van der Waals surface area contributed by atoms with Gasteiger partial charge in [0.25, 0.3) is 0 Å². The summed E-state index contributed by atoms with van der Waals surface area (Å²) in [6.45, 7) is 0. The number of aromatic amines is 1.